The summed E-state index contributed by atoms with van der Waals surface area (Å²) in [5.41, 5.74) is 3.62. The fourth-order valence-corrected chi connectivity index (χ4v) is 4.08. The van der Waals surface area contributed by atoms with E-state index in [4.69, 9.17) is 0 Å². The first-order valence-corrected chi connectivity index (χ1v) is 11.3. The number of H-pyrrole nitrogens is 1. The Morgan fingerprint density at radius 1 is 0.895 bits per heavy atom. The minimum atomic E-state index is -4.76. The maximum Gasteiger partial charge on any atom is 0.573 e. The summed E-state index contributed by atoms with van der Waals surface area (Å²) < 4.78 is 55.5. The third-order valence-electron chi connectivity index (χ3n) is 5.80. The number of alkyl halides is 3. The highest BCUT2D eigenvalue weighted by molar-refractivity contribution is 5.80. The van der Waals surface area contributed by atoms with E-state index in [1.54, 1.807) is 48.8 Å². The van der Waals surface area contributed by atoms with Gasteiger partial charge in [0, 0.05) is 31.0 Å². The number of hydrogen-bond acceptors (Lipinski definition) is 7. The van der Waals surface area contributed by atoms with Crippen molar-refractivity contribution in [3.05, 3.63) is 89.3 Å². The van der Waals surface area contributed by atoms with Gasteiger partial charge in [-0.1, -0.05) is 12.0 Å². The number of aromatic nitrogens is 6. The van der Waals surface area contributed by atoms with Crippen molar-refractivity contribution in [2.75, 3.05) is 4.90 Å². The molecule has 0 fully saturated rings. The van der Waals surface area contributed by atoms with Gasteiger partial charge in [0.05, 0.1) is 10.9 Å². The second kappa shape index (κ2) is 9.11. The fraction of sp³-hybridized carbons (Fsp3) is 0.115. The molecule has 0 unspecified atom stereocenters. The second-order valence-electron chi connectivity index (χ2n) is 8.37. The number of anilines is 1. The molecule has 0 aliphatic carbocycles. The Kier molecular flexibility index (Phi) is 5.60. The van der Waals surface area contributed by atoms with Gasteiger partial charge >= 0.3 is 6.36 Å². The van der Waals surface area contributed by atoms with Gasteiger partial charge in [0.1, 0.15) is 17.1 Å². The number of hydrogen-bond donors (Lipinski definition) is 1. The second-order valence-corrected chi connectivity index (χ2v) is 8.37. The van der Waals surface area contributed by atoms with Crippen molar-refractivity contribution in [1.82, 2.24) is 30.1 Å². The molecule has 8 nitrogen and oxygen atoms in total. The smallest absolute Gasteiger partial charge is 0.406 e. The molecule has 0 radical (unpaired) electrons. The highest BCUT2D eigenvalue weighted by Gasteiger charge is 2.32. The van der Waals surface area contributed by atoms with Crippen molar-refractivity contribution in [2.24, 2.45) is 0 Å². The van der Waals surface area contributed by atoms with Gasteiger partial charge in [-0.15, -0.1) is 18.3 Å². The summed E-state index contributed by atoms with van der Waals surface area (Å²) >= 11 is 0. The molecule has 6 rings (SSSR count). The summed E-state index contributed by atoms with van der Waals surface area (Å²) in [6.07, 6.45) is -1.63. The van der Waals surface area contributed by atoms with E-state index in [9.17, 15) is 17.6 Å². The maximum atomic E-state index is 13.8. The van der Waals surface area contributed by atoms with Crippen molar-refractivity contribution in [3.63, 3.8) is 0 Å². The number of halogens is 4. The Morgan fingerprint density at radius 2 is 1.74 bits per heavy atom. The van der Waals surface area contributed by atoms with Crippen LogP contribution >= 0.6 is 0 Å². The zero-order valence-electron chi connectivity index (χ0n) is 19.3. The lowest BCUT2D eigenvalue weighted by atomic mass is 10.1. The van der Waals surface area contributed by atoms with Gasteiger partial charge in [-0.05, 0) is 59.5 Å². The number of benzene rings is 2. The molecule has 38 heavy (non-hydrogen) atoms. The van der Waals surface area contributed by atoms with Gasteiger partial charge in [-0.3, -0.25) is 5.10 Å². The van der Waals surface area contributed by atoms with E-state index in [1.165, 1.54) is 12.1 Å². The molecule has 188 valence electrons. The van der Waals surface area contributed by atoms with Crippen LogP contribution in [0, 0.1) is 17.8 Å². The molecule has 1 N–H and O–H groups in total. The summed E-state index contributed by atoms with van der Waals surface area (Å²) in [5, 5.41) is 6.49. The summed E-state index contributed by atoms with van der Waals surface area (Å²) in [4.78, 5) is 19.5. The monoisotopic (exact) mass is 517 g/mol. The Morgan fingerprint density at radius 3 is 2.61 bits per heavy atom. The van der Waals surface area contributed by atoms with E-state index in [-0.39, 0.29) is 5.75 Å². The predicted molar refractivity (Wildman–Crippen MR) is 128 cm³/mol. The normalized spacial score (nSPS) is 12.8. The first-order valence-electron chi connectivity index (χ1n) is 11.3. The van der Waals surface area contributed by atoms with Crippen molar-refractivity contribution in [2.45, 2.75) is 19.5 Å². The van der Waals surface area contributed by atoms with Gasteiger partial charge in [0.2, 0.25) is 11.9 Å². The molecule has 2 aromatic carbocycles. The van der Waals surface area contributed by atoms with Gasteiger partial charge in [-0.2, -0.15) is 4.39 Å². The lowest BCUT2D eigenvalue weighted by molar-refractivity contribution is -0.274. The molecule has 4 heterocycles. The number of nitrogens with zero attached hydrogens (tertiary/aromatic N) is 6. The minimum absolute atomic E-state index is 0.270. The number of ether oxygens (including phenoxy) is 1. The van der Waals surface area contributed by atoms with Crippen molar-refractivity contribution >= 4 is 16.9 Å². The topological polar surface area (TPSA) is 92.7 Å². The third-order valence-corrected chi connectivity index (χ3v) is 5.80. The minimum Gasteiger partial charge on any atom is -0.406 e. The van der Waals surface area contributed by atoms with Crippen LogP contribution in [0.25, 0.3) is 22.4 Å². The van der Waals surface area contributed by atoms with Crippen LogP contribution in [0.2, 0.25) is 0 Å². The van der Waals surface area contributed by atoms with Crippen molar-refractivity contribution in [3.8, 4) is 29.1 Å². The third kappa shape index (κ3) is 4.81. The van der Waals surface area contributed by atoms with Crippen LogP contribution in [0.15, 0.2) is 60.9 Å². The van der Waals surface area contributed by atoms with E-state index in [1.807, 2.05) is 4.90 Å². The molecular formula is C26H15F4N7O. The van der Waals surface area contributed by atoms with E-state index in [0.717, 1.165) is 5.56 Å². The summed E-state index contributed by atoms with van der Waals surface area (Å²) in [6.45, 7) is 0.751. The molecule has 0 saturated carbocycles. The van der Waals surface area contributed by atoms with Crippen LogP contribution in [0.5, 0.6) is 5.75 Å². The first-order chi connectivity index (χ1) is 18.3. The number of fused-ring (bicyclic) bond motifs is 2. The molecule has 0 amide bonds. The van der Waals surface area contributed by atoms with Crippen LogP contribution in [0.4, 0.5) is 23.5 Å². The Labute approximate surface area is 212 Å². The van der Waals surface area contributed by atoms with Crippen LogP contribution < -0.4 is 9.64 Å². The lowest BCUT2D eigenvalue weighted by Crippen LogP contribution is -2.18. The average Bonchev–Trinajstić information content (AvgIpc) is 3.50. The van der Waals surface area contributed by atoms with Gasteiger partial charge in [-0.25, -0.2) is 19.9 Å². The zero-order valence-corrected chi connectivity index (χ0v) is 19.3. The SMILES string of the molecule is Fc1n[nH]c2ccc(C#Cc3ccnc(-c4ccnc(N5Cc6ccc(OC(F)(F)F)cc6C5)n4)n3)cc12. The quantitative estimate of drug-likeness (QED) is 0.272. The Hall–Kier alpha value is -5.05. The number of aromatic amines is 1. The molecule has 1 aliphatic heterocycles. The molecule has 0 spiro atoms. The van der Waals surface area contributed by atoms with Crippen LogP contribution in [-0.4, -0.2) is 36.5 Å². The average molecular weight is 517 g/mol. The summed E-state index contributed by atoms with van der Waals surface area (Å²) in [5.74, 6) is 5.76. The number of rotatable bonds is 3. The van der Waals surface area contributed by atoms with Crippen LogP contribution in [0.3, 0.4) is 0 Å². The predicted octanol–water partition coefficient (Wildman–Crippen LogP) is 4.77. The number of nitrogens with one attached hydrogen (secondary N) is 1. The zero-order chi connectivity index (χ0) is 26.3. The van der Waals surface area contributed by atoms with Crippen molar-refractivity contribution < 1.29 is 22.3 Å². The standard InChI is InChI=1S/C26H15F4N7O/c27-23-20-11-15(2-6-21(20)35-36-23)1-4-18-7-9-31-24(33-18)22-8-10-32-25(34-22)37-13-16-3-5-19(12-17(16)14-37)38-26(28,29)30/h2-3,5-12H,13-14H2,(H,35,36). The lowest BCUT2D eigenvalue weighted by Gasteiger charge is -2.15. The fourth-order valence-electron chi connectivity index (χ4n) is 4.08. The molecule has 3 aromatic heterocycles. The summed E-state index contributed by atoms with van der Waals surface area (Å²) in [7, 11) is 0. The van der Waals surface area contributed by atoms with Crippen LogP contribution in [-0.2, 0) is 13.1 Å². The van der Waals surface area contributed by atoms with Gasteiger partial charge < -0.3 is 9.64 Å². The van der Waals surface area contributed by atoms with E-state index in [0.29, 0.717) is 58.3 Å². The molecule has 0 bridgehead atoms. The molecule has 0 atom stereocenters. The highest BCUT2D eigenvalue weighted by Crippen LogP contribution is 2.31. The molecule has 12 heteroatoms. The maximum absolute atomic E-state index is 13.8. The van der Waals surface area contributed by atoms with Gasteiger partial charge in [0.25, 0.3) is 0 Å². The van der Waals surface area contributed by atoms with Gasteiger partial charge in [0.15, 0.2) is 5.82 Å². The molecular weight excluding hydrogens is 502 g/mol. The Balaban J connectivity index is 1.22. The van der Waals surface area contributed by atoms with Crippen LogP contribution in [0.1, 0.15) is 22.4 Å². The van der Waals surface area contributed by atoms with E-state index >= 15 is 0 Å². The largest absolute Gasteiger partial charge is 0.573 e. The summed E-state index contributed by atoms with van der Waals surface area (Å²) in [6, 6.07) is 12.6. The molecule has 0 saturated heterocycles. The highest BCUT2D eigenvalue weighted by atomic mass is 19.4. The molecule has 5 aromatic rings. The van der Waals surface area contributed by atoms with E-state index < -0.39 is 12.3 Å². The molecule has 1 aliphatic rings. The van der Waals surface area contributed by atoms with E-state index in [2.05, 4.69) is 46.7 Å². The first kappa shape index (κ1) is 23.4. The van der Waals surface area contributed by atoms with Crippen molar-refractivity contribution in [1.29, 1.82) is 0 Å². The Bertz CT molecular complexity index is 1740.